The molecule has 0 saturated carbocycles. The predicted molar refractivity (Wildman–Crippen MR) is 46.8 cm³/mol. The molecule has 0 fully saturated rings. The van der Waals surface area contributed by atoms with Crippen LogP contribution in [0.4, 0.5) is 0 Å². The van der Waals surface area contributed by atoms with Crippen LogP contribution in [0.3, 0.4) is 0 Å². The number of hydrogen-bond donors (Lipinski definition) is 0. The smallest absolute Gasteiger partial charge is 0.257 e. The van der Waals surface area contributed by atoms with Crippen molar-refractivity contribution in [3.63, 3.8) is 0 Å². The number of benzene rings is 1. The Balaban J connectivity index is 2.56. The van der Waals surface area contributed by atoms with E-state index in [1.54, 1.807) is 0 Å². The molecule has 4 heteroatoms. The van der Waals surface area contributed by atoms with Crippen molar-refractivity contribution in [3.05, 3.63) is 29.8 Å². The van der Waals surface area contributed by atoms with Crippen molar-refractivity contribution in [2.45, 2.75) is 9.41 Å². The highest BCUT2D eigenvalue weighted by atomic mass is 35.5. The molecule has 0 atom stereocenters. The van der Waals surface area contributed by atoms with Crippen molar-refractivity contribution in [3.8, 4) is 0 Å². The van der Waals surface area contributed by atoms with Gasteiger partial charge in [-0.3, -0.25) is 4.18 Å². The zero-order chi connectivity index (χ0) is 7.90. The van der Waals surface area contributed by atoms with Crippen LogP contribution in [0.2, 0.25) is 0 Å². The van der Waals surface area contributed by atoms with Crippen molar-refractivity contribution in [1.29, 1.82) is 0 Å². The standard InChI is InChI=1S/C7H4Cl2OS/c8-7(9)5-3-1-2-4-6(5)11-10-7/h1-4H. The summed E-state index contributed by atoms with van der Waals surface area (Å²) in [6.07, 6.45) is 0. The maximum Gasteiger partial charge on any atom is 0.257 e. The molecule has 0 spiro atoms. The lowest BCUT2D eigenvalue weighted by Gasteiger charge is -2.09. The van der Waals surface area contributed by atoms with E-state index in [-0.39, 0.29) is 0 Å². The second-order valence-electron chi connectivity index (χ2n) is 2.18. The molecule has 0 aromatic heterocycles. The molecular weight excluding hydrogens is 203 g/mol. The quantitative estimate of drug-likeness (QED) is 0.476. The number of hydrogen-bond acceptors (Lipinski definition) is 2. The van der Waals surface area contributed by atoms with Gasteiger partial charge in [-0.2, -0.15) is 0 Å². The minimum atomic E-state index is -1.17. The molecule has 1 aromatic carbocycles. The minimum absolute atomic E-state index is 0.827. The molecule has 58 valence electrons. The minimum Gasteiger partial charge on any atom is -0.267 e. The van der Waals surface area contributed by atoms with Crippen LogP contribution in [-0.2, 0) is 8.70 Å². The molecule has 0 amide bonds. The van der Waals surface area contributed by atoms with Gasteiger partial charge in [0.15, 0.2) is 0 Å². The van der Waals surface area contributed by atoms with Crippen molar-refractivity contribution >= 4 is 35.2 Å². The van der Waals surface area contributed by atoms with Gasteiger partial charge in [0.2, 0.25) is 0 Å². The van der Waals surface area contributed by atoms with Crippen molar-refractivity contribution in [2.75, 3.05) is 0 Å². The summed E-state index contributed by atoms with van der Waals surface area (Å²) in [7, 11) is 0. The Hall–Kier alpha value is 0.110. The molecule has 0 radical (unpaired) electrons. The van der Waals surface area contributed by atoms with E-state index < -0.39 is 4.52 Å². The van der Waals surface area contributed by atoms with Gasteiger partial charge in [-0.25, -0.2) is 0 Å². The van der Waals surface area contributed by atoms with Crippen LogP contribution < -0.4 is 0 Å². The second-order valence-corrected chi connectivity index (χ2v) is 4.21. The van der Waals surface area contributed by atoms with E-state index in [9.17, 15) is 0 Å². The molecule has 0 unspecified atom stereocenters. The first-order chi connectivity index (χ1) is 5.20. The van der Waals surface area contributed by atoms with Gasteiger partial charge in [0.05, 0.1) is 0 Å². The fourth-order valence-electron chi connectivity index (χ4n) is 0.922. The average Bonchev–Trinajstić information content (AvgIpc) is 2.29. The Bertz CT molecular complexity index is 288. The topological polar surface area (TPSA) is 9.23 Å². The fraction of sp³-hybridized carbons (Fsp3) is 0.143. The van der Waals surface area contributed by atoms with E-state index in [4.69, 9.17) is 27.4 Å². The molecule has 0 bridgehead atoms. The van der Waals surface area contributed by atoms with Gasteiger partial charge in [-0.1, -0.05) is 41.4 Å². The van der Waals surface area contributed by atoms with E-state index in [1.165, 1.54) is 12.0 Å². The first-order valence-corrected chi connectivity index (χ1v) is 4.53. The van der Waals surface area contributed by atoms with Crippen LogP contribution >= 0.6 is 35.2 Å². The third-order valence-electron chi connectivity index (χ3n) is 1.44. The highest BCUT2D eigenvalue weighted by molar-refractivity contribution is 7.95. The summed E-state index contributed by atoms with van der Waals surface area (Å²) < 4.78 is 3.89. The summed E-state index contributed by atoms with van der Waals surface area (Å²) >= 11 is 12.9. The number of fused-ring (bicyclic) bond motifs is 1. The first kappa shape index (κ1) is 7.74. The van der Waals surface area contributed by atoms with Crippen LogP contribution in [0.1, 0.15) is 5.56 Å². The number of rotatable bonds is 0. The van der Waals surface area contributed by atoms with Crippen molar-refractivity contribution in [1.82, 2.24) is 0 Å². The number of alkyl halides is 2. The second kappa shape index (κ2) is 2.56. The third-order valence-corrected chi connectivity index (χ3v) is 3.05. The molecule has 1 aliphatic heterocycles. The van der Waals surface area contributed by atoms with Gasteiger partial charge in [0.25, 0.3) is 4.52 Å². The Morgan fingerprint density at radius 1 is 1.27 bits per heavy atom. The van der Waals surface area contributed by atoms with Gasteiger partial charge in [-0.15, -0.1) is 0 Å². The van der Waals surface area contributed by atoms with Crippen LogP contribution in [0.25, 0.3) is 0 Å². The van der Waals surface area contributed by atoms with Crippen LogP contribution in [0, 0.1) is 0 Å². The maximum atomic E-state index is 5.82. The maximum absolute atomic E-state index is 5.82. The highest BCUT2D eigenvalue weighted by Gasteiger charge is 2.37. The lowest BCUT2D eigenvalue weighted by atomic mass is 10.2. The molecule has 11 heavy (non-hydrogen) atoms. The van der Waals surface area contributed by atoms with Gasteiger partial charge in [-0.05, 0) is 6.07 Å². The molecule has 1 aromatic rings. The summed E-state index contributed by atoms with van der Waals surface area (Å²) in [5.41, 5.74) is 0.827. The zero-order valence-electron chi connectivity index (χ0n) is 5.38. The summed E-state index contributed by atoms with van der Waals surface area (Å²) in [6.45, 7) is 0. The molecule has 1 aliphatic rings. The third kappa shape index (κ3) is 1.25. The summed E-state index contributed by atoms with van der Waals surface area (Å²) in [6, 6.07) is 7.58. The van der Waals surface area contributed by atoms with Crippen molar-refractivity contribution < 1.29 is 4.18 Å². The molecule has 0 aliphatic carbocycles. The Morgan fingerprint density at radius 3 is 2.73 bits per heavy atom. The molecular formula is C7H4Cl2OS. The zero-order valence-corrected chi connectivity index (χ0v) is 7.71. The predicted octanol–water partition coefficient (Wildman–Crippen LogP) is 3.31. The summed E-state index contributed by atoms with van der Waals surface area (Å²) in [4.78, 5) is 0.984. The fourth-order valence-corrected chi connectivity index (χ4v) is 2.27. The van der Waals surface area contributed by atoms with Crippen molar-refractivity contribution in [2.24, 2.45) is 0 Å². The lowest BCUT2D eigenvalue weighted by molar-refractivity contribution is 0.310. The van der Waals surface area contributed by atoms with Gasteiger partial charge in [0.1, 0.15) is 0 Å². The van der Waals surface area contributed by atoms with E-state index in [0.29, 0.717) is 0 Å². The normalized spacial score (nSPS) is 19.8. The summed E-state index contributed by atoms with van der Waals surface area (Å²) in [5, 5.41) is 0. The van der Waals surface area contributed by atoms with E-state index in [2.05, 4.69) is 0 Å². The highest BCUT2D eigenvalue weighted by Crippen LogP contribution is 2.50. The van der Waals surface area contributed by atoms with Gasteiger partial charge in [0, 0.05) is 22.5 Å². The largest absolute Gasteiger partial charge is 0.267 e. The average molecular weight is 207 g/mol. The lowest BCUT2D eigenvalue weighted by Crippen LogP contribution is -2.05. The molecule has 2 rings (SSSR count). The molecule has 1 heterocycles. The van der Waals surface area contributed by atoms with Gasteiger partial charge >= 0.3 is 0 Å². The van der Waals surface area contributed by atoms with Gasteiger partial charge < -0.3 is 0 Å². The van der Waals surface area contributed by atoms with Crippen LogP contribution in [0.5, 0.6) is 0 Å². The molecule has 0 N–H and O–H groups in total. The summed E-state index contributed by atoms with van der Waals surface area (Å²) in [5.74, 6) is 0. The first-order valence-electron chi connectivity index (χ1n) is 3.03. The van der Waals surface area contributed by atoms with E-state index in [1.807, 2.05) is 24.3 Å². The Morgan fingerprint density at radius 2 is 2.00 bits per heavy atom. The monoisotopic (exact) mass is 206 g/mol. The number of halogens is 2. The Labute approximate surface area is 78.8 Å². The van der Waals surface area contributed by atoms with Crippen LogP contribution in [-0.4, -0.2) is 0 Å². The van der Waals surface area contributed by atoms with Crippen LogP contribution in [0.15, 0.2) is 29.2 Å². The van der Waals surface area contributed by atoms with E-state index >= 15 is 0 Å². The molecule has 1 nitrogen and oxygen atoms in total. The molecule has 0 saturated heterocycles. The SMILES string of the molecule is ClC1(Cl)OSc2ccccc21. The Kier molecular flexibility index (Phi) is 1.80. The van der Waals surface area contributed by atoms with E-state index in [0.717, 1.165) is 10.5 Å².